The molecule has 0 radical (unpaired) electrons. The first-order valence-corrected chi connectivity index (χ1v) is 8.21. The Hall–Kier alpha value is -1.40. The molecule has 0 bridgehead atoms. The minimum atomic E-state index is -0.206. The number of hydrogen-bond acceptors (Lipinski definition) is 4. The highest BCUT2D eigenvalue weighted by atomic mass is 32.1. The Morgan fingerprint density at radius 3 is 2.86 bits per heavy atom. The van der Waals surface area contributed by atoms with Crippen molar-refractivity contribution >= 4 is 23.2 Å². The summed E-state index contributed by atoms with van der Waals surface area (Å²) in [5.41, 5.74) is 1.21. The van der Waals surface area contributed by atoms with Gasteiger partial charge in [0.2, 0.25) is 11.8 Å². The van der Waals surface area contributed by atoms with Gasteiger partial charge in [-0.2, -0.15) is 11.3 Å². The fraction of sp³-hybridized carbons (Fsp3) is 0.600. The van der Waals surface area contributed by atoms with Crippen molar-refractivity contribution in [1.82, 2.24) is 15.1 Å². The lowest BCUT2D eigenvalue weighted by atomic mass is 10.1. The standard InChI is InChI=1S/C15H23N3O2S/c1-4-18-9-12(7-14(18)19)15(20)16-8-13(17(2)3)11-5-6-21-10-11/h5-6,10,12-13H,4,7-9H2,1-3H3,(H,16,20)/t12-,13+/m1/s1. The number of rotatable bonds is 6. The van der Waals surface area contributed by atoms with Crippen LogP contribution in [-0.2, 0) is 9.59 Å². The van der Waals surface area contributed by atoms with E-state index in [4.69, 9.17) is 0 Å². The summed E-state index contributed by atoms with van der Waals surface area (Å²) in [5, 5.41) is 7.15. The highest BCUT2D eigenvalue weighted by Crippen LogP contribution is 2.21. The van der Waals surface area contributed by atoms with E-state index in [9.17, 15) is 9.59 Å². The number of nitrogens with zero attached hydrogens (tertiary/aromatic N) is 2. The number of hydrogen-bond donors (Lipinski definition) is 1. The molecule has 2 rings (SSSR count). The topological polar surface area (TPSA) is 52.7 Å². The minimum absolute atomic E-state index is 0.0126. The van der Waals surface area contributed by atoms with Gasteiger partial charge in [0.15, 0.2) is 0 Å². The Morgan fingerprint density at radius 1 is 1.57 bits per heavy atom. The molecule has 1 saturated heterocycles. The lowest BCUT2D eigenvalue weighted by molar-refractivity contribution is -0.128. The summed E-state index contributed by atoms with van der Waals surface area (Å²) in [7, 11) is 4.01. The van der Waals surface area contributed by atoms with Crippen molar-refractivity contribution in [2.24, 2.45) is 5.92 Å². The second-order valence-electron chi connectivity index (χ2n) is 5.61. The van der Waals surface area contributed by atoms with Crippen LogP contribution in [0.2, 0.25) is 0 Å². The van der Waals surface area contributed by atoms with Crippen LogP contribution in [0, 0.1) is 5.92 Å². The van der Waals surface area contributed by atoms with E-state index in [1.165, 1.54) is 5.56 Å². The molecule has 2 heterocycles. The zero-order chi connectivity index (χ0) is 15.4. The fourth-order valence-electron chi connectivity index (χ4n) is 2.66. The van der Waals surface area contributed by atoms with E-state index in [0.29, 0.717) is 26.1 Å². The molecule has 2 atom stereocenters. The molecule has 0 saturated carbocycles. The Morgan fingerprint density at radius 2 is 2.33 bits per heavy atom. The third-order valence-electron chi connectivity index (χ3n) is 3.99. The second-order valence-corrected chi connectivity index (χ2v) is 6.39. The van der Waals surface area contributed by atoms with Gasteiger partial charge in [0.1, 0.15) is 0 Å². The van der Waals surface area contributed by atoms with E-state index in [2.05, 4.69) is 21.7 Å². The normalized spacial score (nSPS) is 20.1. The Labute approximate surface area is 129 Å². The maximum absolute atomic E-state index is 12.2. The van der Waals surface area contributed by atoms with Crippen molar-refractivity contribution in [2.45, 2.75) is 19.4 Å². The summed E-state index contributed by atoms with van der Waals surface area (Å²) < 4.78 is 0. The van der Waals surface area contributed by atoms with Crippen LogP contribution < -0.4 is 5.32 Å². The molecule has 1 aromatic rings. The molecule has 0 spiro atoms. The number of carbonyl (C=O) groups excluding carboxylic acids is 2. The summed E-state index contributed by atoms with van der Waals surface area (Å²) in [5.74, 6) is -0.135. The quantitative estimate of drug-likeness (QED) is 0.863. The number of carbonyl (C=O) groups is 2. The summed E-state index contributed by atoms with van der Waals surface area (Å²) in [6.07, 6.45) is 0.338. The maximum Gasteiger partial charge on any atom is 0.225 e. The predicted octanol–water partition coefficient (Wildman–Crippen LogP) is 1.34. The average Bonchev–Trinajstić information content (AvgIpc) is 3.07. The summed E-state index contributed by atoms with van der Waals surface area (Å²) >= 11 is 1.66. The van der Waals surface area contributed by atoms with E-state index in [-0.39, 0.29) is 23.8 Å². The summed E-state index contributed by atoms with van der Waals surface area (Å²) in [6, 6.07) is 2.25. The predicted molar refractivity (Wildman–Crippen MR) is 84.1 cm³/mol. The highest BCUT2D eigenvalue weighted by Gasteiger charge is 2.33. The molecule has 5 nitrogen and oxygen atoms in total. The molecule has 1 aromatic heterocycles. The van der Waals surface area contributed by atoms with Gasteiger partial charge < -0.3 is 15.1 Å². The largest absolute Gasteiger partial charge is 0.354 e. The molecule has 6 heteroatoms. The molecular weight excluding hydrogens is 286 g/mol. The van der Waals surface area contributed by atoms with E-state index in [0.717, 1.165) is 0 Å². The molecule has 1 aliphatic heterocycles. The molecular formula is C15H23N3O2S. The molecule has 0 aliphatic carbocycles. The van der Waals surface area contributed by atoms with Gasteiger partial charge in [-0.3, -0.25) is 9.59 Å². The van der Waals surface area contributed by atoms with E-state index >= 15 is 0 Å². The summed E-state index contributed by atoms with van der Waals surface area (Å²) in [4.78, 5) is 27.8. The SMILES string of the molecule is CCN1C[C@H](C(=O)NC[C@@H](c2ccsc2)N(C)C)CC1=O. The maximum atomic E-state index is 12.2. The number of nitrogens with one attached hydrogen (secondary N) is 1. The molecule has 1 fully saturated rings. The van der Waals surface area contributed by atoms with Gasteiger partial charge in [-0.15, -0.1) is 0 Å². The zero-order valence-corrected chi connectivity index (χ0v) is 13.7. The molecule has 0 aromatic carbocycles. The lowest BCUT2D eigenvalue weighted by Gasteiger charge is -2.24. The number of likely N-dealkylation sites (N-methyl/N-ethyl adjacent to an activating group) is 1. The third kappa shape index (κ3) is 3.83. The third-order valence-corrected chi connectivity index (χ3v) is 4.69. The molecule has 2 amide bonds. The Kier molecular flexibility index (Phi) is 5.36. The van der Waals surface area contributed by atoms with Crippen molar-refractivity contribution < 1.29 is 9.59 Å². The van der Waals surface area contributed by atoms with Gasteiger partial charge in [0.25, 0.3) is 0 Å². The summed E-state index contributed by atoms with van der Waals surface area (Å²) in [6.45, 7) is 3.74. The lowest BCUT2D eigenvalue weighted by Crippen LogP contribution is -2.38. The van der Waals surface area contributed by atoms with Gasteiger partial charge in [-0.25, -0.2) is 0 Å². The first-order valence-electron chi connectivity index (χ1n) is 7.27. The van der Waals surface area contributed by atoms with Crippen molar-refractivity contribution in [2.75, 3.05) is 33.7 Å². The molecule has 0 unspecified atom stereocenters. The van der Waals surface area contributed by atoms with Gasteiger partial charge in [-0.05, 0) is 43.4 Å². The van der Waals surface area contributed by atoms with Gasteiger partial charge in [0.05, 0.1) is 12.0 Å². The van der Waals surface area contributed by atoms with Crippen LogP contribution in [0.4, 0.5) is 0 Å². The zero-order valence-electron chi connectivity index (χ0n) is 12.8. The number of amides is 2. The molecule has 116 valence electrons. The van der Waals surface area contributed by atoms with Crippen LogP contribution in [0.1, 0.15) is 24.9 Å². The van der Waals surface area contributed by atoms with Crippen LogP contribution in [0.25, 0.3) is 0 Å². The Bertz CT molecular complexity index is 487. The van der Waals surface area contributed by atoms with Crippen LogP contribution in [0.5, 0.6) is 0 Å². The average molecular weight is 309 g/mol. The highest BCUT2D eigenvalue weighted by molar-refractivity contribution is 7.07. The van der Waals surface area contributed by atoms with Crippen LogP contribution in [-0.4, -0.2) is 55.3 Å². The molecule has 1 N–H and O–H groups in total. The first-order chi connectivity index (χ1) is 10.0. The molecule has 21 heavy (non-hydrogen) atoms. The smallest absolute Gasteiger partial charge is 0.225 e. The second kappa shape index (κ2) is 7.04. The Balaban J connectivity index is 1.90. The van der Waals surface area contributed by atoms with Crippen molar-refractivity contribution in [3.8, 4) is 0 Å². The minimum Gasteiger partial charge on any atom is -0.354 e. The van der Waals surface area contributed by atoms with Crippen LogP contribution >= 0.6 is 11.3 Å². The molecule has 1 aliphatic rings. The van der Waals surface area contributed by atoms with Crippen molar-refractivity contribution in [3.63, 3.8) is 0 Å². The fourth-order valence-corrected chi connectivity index (χ4v) is 3.37. The van der Waals surface area contributed by atoms with Gasteiger partial charge in [0, 0.05) is 26.1 Å². The van der Waals surface area contributed by atoms with Crippen LogP contribution in [0.3, 0.4) is 0 Å². The van der Waals surface area contributed by atoms with E-state index in [1.54, 1.807) is 16.2 Å². The van der Waals surface area contributed by atoms with Gasteiger partial charge >= 0.3 is 0 Å². The van der Waals surface area contributed by atoms with E-state index < -0.39 is 0 Å². The number of thiophene rings is 1. The van der Waals surface area contributed by atoms with Crippen molar-refractivity contribution in [1.29, 1.82) is 0 Å². The van der Waals surface area contributed by atoms with Crippen LogP contribution in [0.15, 0.2) is 16.8 Å². The van der Waals surface area contributed by atoms with Crippen molar-refractivity contribution in [3.05, 3.63) is 22.4 Å². The van der Waals surface area contributed by atoms with Gasteiger partial charge in [-0.1, -0.05) is 0 Å². The number of likely N-dealkylation sites (tertiary alicyclic amines) is 1. The van der Waals surface area contributed by atoms with E-state index in [1.807, 2.05) is 26.4 Å². The monoisotopic (exact) mass is 309 g/mol. The first kappa shape index (κ1) is 16.0.